The van der Waals surface area contributed by atoms with Crippen molar-refractivity contribution in [2.75, 3.05) is 5.32 Å². The van der Waals surface area contributed by atoms with Crippen molar-refractivity contribution >= 4 is 40.2 Å². The van der Waals surface area contributed by atoms with Gasteiger partial charge in [-0.15, -0.1) is 12.6 Å². The third-order valence-corrected chi connectivity index (χ3v) is 3.87. The molecule has 0 spiro atoms. The molecule has 0 aliphatic carbocycles. The number of thiol groups is 1. The number of benzene rings is 2. The second-order valence-corrected chi connectivity index (χ2v) is 5.91. The van der Waals surface area contributed by atoms with Crippen molar-refractivity contribution in [2.45, 2.75) is 18.7 Å². The van der Waals surface area contributed by atoms with Gasteiger partial charge in [-0.25, -0.2) is 4.39 Å². The van der Waals surface area contributed by atoms with Crippen molar-refractivity contribution in [3.8, 4) is 0 Å². The van der Waals surface area contributed by atoms with Crippen molar-refractivity contribution in [3.63, 3.8) is 0 Å². The SMILES string of the molecule is Cc1cc(F)c(Br)cc1NC(=O)c1cc(S)ccc1C. The summed E-state index contributed by atoms with van der Waals surface area (Å²) >= 11 is 7.35. The van der Waals surface area contributed by atoms with Crippen LogP contribution in [0.2, 0.25) is 0 Å². The van der Waals surface area contributed by atoms with E-state index in [1.165, 1.54) is 6.07 Å². The van der Waals surface area contributed by atoms with Gasteiger partial charge in [0.15, 0.2) is 0 Å². The molecule has 0 saturated carbocycles. The average molecular weight is 354 g/mol. The van der Waals surface area contributed by atoms with Gasteiger partial charge < -0.3 is 5.32 Å². The molecule has 1 amide bonds. The lowest BCUT2D eigenvalue weighted by atomic mass is 10.1. The van der Waals surface area contributed by atoms with Gasteiger partial charge in [0.2, 0.25) is 0 Å². The van der Waals surface area contributed by atoms with Gasteiger partial charge in [-0.3, -0.25) is 4.79 Å². The summed E-state index contributed by atoms with van der Waals surface area (Å²) in [6.45, 7) is 3.60. The number of aryl methyl sites for hydroxylation is 2. The number of hydrogen-bond acceptors (Lipinski definition) is 2. The Bertz CT molecular complexity index is 688. The van der Waals surface area contributed by atoms with E-state index in [0.717, 1.165) is 10.5 Å². The van der Waals surface area contributed by atoms with Crippen LogP contribution in [0.15, 0.2) is 39.7 Å². The van der Waals surface area contributed by atoms with E-state index in [2.05, 4.69) is 33.9 Å². The predicted octanol–water partition coefficient (Wildman–Crippen LogP) is 4.75. The molecule has 1 N–H and O–H groups in total. The number of carbonyl (C=O) groups is 1. The van der Waals surface area contributed by atoms with E-state index < -0.39 is 0 Å². The van der Waals surface area contributed by atoms with Gasteiger partial charge in [0.05, 0.1) is 4.47 Å². The van der Waals surface area contributed by atoms with Crippen LogP contribution in [-0.4, -0.2) is 5.91 Å². The predicted molar refractivity (Wildman–Crippen MR) is 85.2 cm³/mol. The molecule has 2 nitrogen and oxygen atoms in total. The van der Waals surface area contributed by atoms with Crippen LogP contribution in [0.25, 0.3) is 0 Å². The monoisotopic (exact) mass is 353 g/mol. The van der Waals surface area contributed by atoms with Crippen molar-refractivity contribution in [3.05, 3.63) is 57.3 Å². The molecule has 0 bridgehead atoms. The summed E-state index contributed by atoms with van der Waals surface area (Å²) in [7, 11) is 0. The molecule has 0 atom stereocenters. The molecule has 5 heteroatoms. The Morgan fingerprint density at radius 1 is 1.20 bits per heavy atom. The van der Waals surface area contributed by atoms with Crippen LogP contribution < -0.4 is 5.32 Å². The van der Waals surface area contributed by atoms with E-state index in [1.54, 1.807) is 19.1 Å². The smallest absolute Gasteiger partial charge is 0.255 e. The van der Waals surface area contributed by atoms with E-state index in [4.69, 9.17) is 0 Å². The Morgan fingerprint density at radius 3 is 2.60 bits per heavy atom. The number of rotatable bonds is 2. The highest BCUT2D eigenvalue weighted by atomic mass is 79.9. The highest BCUT2D eigenvalue weighted by molar-refractivity contribution is 9.10. The summed E-state index contributed by atoms with van der Waals surface area (Å²) in [4.78, 5) is 13.0. The van der Waals surface area contributed by atoms with Gasteiger partial charge >= 0.3 is 0 Å². The molecule has 0 aliphatic rings. The zero-order chi connectivity index (χ0) is 14.9. The third-order valence-electron chi connectivity index (χ3n) is 2.98. The first-order valence-electron chi connectivity index (χ1n) is 5.95. The van der Waals surface area contributed by atoms with Crippen molar-refractivity contribution in [2.24, 2.45) is 0 Å². The van der Waals surface area contributed by atoms with Gasteiger partial charge in [-0.2, -0.15) is 0 Å². The highest BCUT2D eigenvalue weighted by Crippen LogP contribution is 2.25. The maximum absolute atomic E-state index is 13.4. The largest absolute Gasteiger partial charge is 0.322 e. The fourth-order valence-corrected chi connectivity index (χ4v) is 2.37. The molecular weight excluding hydrogens is 341 g/mol. The summed E-state index contributed by atoms with van der Waals surface area (Å²) in [6.07, 6.45) is 0. The summed E-state index contributed by atoms with van der Waals surface area (Å²) in [6, 6.07) is 8.31. The Labute approximate surface area is 130 Å². The van der Waals surface area contributed by atoms with Gasteiger partial charge in [-0.1, -0.05) is 6.07 Å². The van der Waals surface area contributed by atoms with Gasteiger partial charge in [0, 0.05) is 16.1 Å². The van der Waals surface area contributed by atoms with Crippen LogP contribution in [0.1, 0.15) is 21.5 Å². The maximum Gasteiger partial charge on any atom is 0.255 e. The zero-order valence-electron chi connectivity index (χ0n) is 11.0. The molecule has 0 fully saturated rings. The molecule has 104 valence electrons. The number of hydrogen-bond donors (Lipinski definition) is 2. The van der Waals surface area contributed by atoms with E-state index >= 15 is 0 Å². The van der Waals surface area contributed by atoms with Crippen molar-refractivity contribution < 1.29 is 9.18 Å². The fourth-order valence-electron chi connectivity index (χ4n) is 1.83. The summed E-state index contributed by atoms with van der Waals surface area (Å²) < 4.78 is 13.7. The van der Waals surface area contributed by atoms with Crippen LogP contribution in [0.3, 0.4) is 0 Å². The van der Waals surface area contributed by atoms with Crippen molar-refractivity contribution in [1.29, 1.82) is 0 Å². The molecule has 0 radical (unpaired) electrons. The maximum atomic E-state index is 13.4. The highest BCUT2D eigenvalue weighted by Gasteiger charge is 2.12. The molecule has 0 saturated heterocycles. The lowest BCUT2D eigenvalue weighted by Gasteiger charge is -2.11. The minimum Gasteiger partial charge on any atom is -0.322 e. The Hall–Kier alpha value is -1.33. The summed E-state index contributed by atoms with van der Waals surface area (Å²) in [5.74, 6) is -0.589. The molecular formula is C15H13BrFNOS. The average Bonchev–Trinajstić information content (AvgIpc) is 2.38. The Kier molecular flexibility index (Phi) is 4.50. The molecule has 20 heavy (non-hydrogen) atoms. The summed E-state index contributed by atoms with van der Waals surface area (Å²) in [5, 5.41) is 2.79. The van der Waals surface area contributed by atoms with Gasteiger partial charge in [-0.05, 0) is 65.2 Å². The zero-order valence-corrected chi connectivity index (χ0v) is 13.5. The minimum atomic E-state index is -0.353. The van der Waals surface area contributed by atoms with Crippen LogP contribution in [0.4, 0.5) is 10.1 Å². The van der Waals surface area contributed by atoms with Crippen LogP contribution in [-0.2, 0) is 0 Å². The quantitative estimate of drug-likeness (QED) is 0.749. The molecule has 0 aromatic heterocycles. The second-order valence-electron chi connectivity index (χ2n) is 4.53. The first-order valence-corrected chi connectivity index (χ1v) is 7.19. The molecule has 2 rings (SSSR count). The molecule has 0 heterocycles. The number of carbonyl (C=O) groups excluding carboxylic acids is 1. The number of anilines is 1. The Morgan fingerprint density at radius 2 is 1.90 bits per heavy atom. The van der Waals surface area contributed by atoms with E-state index in [-0.39, 0.29) is 11.7 Å². The first-order chi connectivity index (χ1) is 9.38. The summed E-state index contributed by atoms with van der Waals surface area (Å²) in [5.41, 5.74) is 2.66. The van der Waals surface area contributed by atoms with Gasteiger partial charge in [0.1, 0.15) is 5.82 Å². The topological polar surface area (TPSA) is 29.1 Å². The number of halogens is 2. The fraction of sp³-hybridized carbons (Fsp3) is 0.133. The third kappa shape index (κ3) is 3.22. The number of amides is 1. The molecule has 2 aromatic rings. The normalized spacial score (nSPS) is 10.4. The van der Waals surface area contributed by atoms with E-state index in [0.29, 0.717) is 21.3 Å². The van der Waals surface area contributed by atoms with Crippen molar-refractivity contribution in [1.82, 2.24) is 0 Å². The standard InChI is InChI=1S/C15H13BrFNOS/c1-8-3-4-10(20)6-11(8)15(19)18-14-7-12(16)13(17)5-9(14)2/h3-7,20H,1-2H3,(H,18,19). The lowest BCUT2D eigenvalue weighted by molar-refractivity contribution is 0.102. The van der Waals surface area contributed by atoms with Crippen LogP contribution >= 0.6 is 28.6 Å². The van der Waals surface area contributed by atoms with Gasteiger partial charge in [0.25, 0.3) is 5.91 Å². The minimum absolute atomic E-state index is 0.236. The van der Waals surface area contributed by atoms with E-state index in [9.17, 15) is 9.18 Å². The molecule has 2 aromatic carbocycles. The van der Waals surface area contributed by atoms with E-state index in [1.807, 2.05) is 19.1 Å². The first kappa shape index (κ1) is 15.1. The number of nitrogens with one attached hydrogen (secondary N) is 1. The van der Waals surface area contributed by atoms with Crippen LogP contribution in [0.5, 0.6) is 0 Å². The Balaban J connectivity index is 2.32. The molecule has 0 aliphatic heterocycles. The lowest BCUT2D eigenvalue weighted by Crippen LogP contribution is -2.14. The second kappa shape index (κ2) is 5.97. The molecule has 0 unspecified atom stereocenters. The van der Waals surface area contributed by atoms with Crippen LogP contribution in [0, 0.1) is 19.7 Å².